The van der Waals surface area contributed by atoms with Crippen LogP contribution in [0.25, 0.3) is 0 Å². The maximum atomic E-state index is 13.9. The molecule has 0 aliphatic heterocycles. The van der Waals surface area contributed by atoms with Crippen LogP contribution < -0.4 is 14.4 Å². The van der Waals surface area contributed by atoms with Crippen LogP contribution in [0.1, 0.15) is 25.8 Å². The minimum Gasteiger partial charge on any atom is -0.497 e. The van der Waals surface area contributed by atoms with Crippen molar-refractivity contribution in [3.8, 4) is 5.75 Å². The van der Waals surface area contributed by atoms with Gasteiger partial charge in [-0.05, 0) is 79.6 Å². The minimum absolute atomic E-state index is 0.0154. The number of rotatable bonds is 12. The van der Waals surface area contributed by atoms with Crippen molar-refractivity contribution in [2.45, 2.75) is 37.8 Å². The third-order valence-electron chi connectivity index (χ3n) is 6.00. The quantitative estimate of drug-likeness (QED) is 0.293. The first kappa shape index (κ1) is 30.5. The van der Waals surface area contributed by atoms with Gasteiger partial charge in [-0.15, -0.1) is 0 Å². The Bertz CT molecular complexity index is 1390. The number of nitrogens with zero attached hydrogens (tertiary/aromatic N) is 2. The summed E-state index contributed by atoms with van der Waals surface area (Å²) < 4.78 is 34.6. The molecular weight excluding hydrogens is 606 g/mol. The van der Waals surface area contributed by atoms with Crippen LogP contribution in [0.5, 0.6) is 5.75 Å². The molecule has 0 aliphatic rings. The number of benzene rings is 3. The summed E-state index contributed by atoms with van der Waals surface area (Å²) in [4.78, 5) is 28.1. The van der Waals surface area contributed by atoms with E-state index in [0.29, 0.717) is 17.3 Å². The highest BCUT2D eigenvalue weighted by atomic mass is 79.9. The monoisotopic (exact) mass is 635 g/mol. The largest absolute Gasteiger partial charge is 0.497 e. The van der Waals surface area contributed by atoms with Crippen molar-refractivity contribution in [3.05, 3.63) is 87.9 Å². The molecule has 0 bridgehead atoms. The van der Waals surface area contributed by atoms with Crippen molar-refractivity contribution in [2.24, 2.45) is 0 Å². The third-order valence-corrected chi connectivity index (χ3v) is 8.53. The SMILES string of the molecule is CCCNC(=O)[C@@H](C)N(Cc1cccc(Br)c1)C(=O)CN(c1ccc(Cl)cc1)S(=O)(=O)c1ccc(OC)cc1. The minimum atomic E-state index is -4.18. The van der Waals surface area contributed by atoms with Crippen LogP contribution >= 0.6 is 27.5 Å². The van der Waals surface area contributed by atoms with Crippen LogP contribution in [0.15, 0.2) is 82.2 Å². The molecule has 1 atom stereocenters. The molecule has 3 aromatic rings. The molecule has 8 nitrogen and oxygen atoms in total. The molecule has 3 rings (SSSR count). The summed E-state index contributed by atoms with van der Waals surface area (Å²) in [6, 6.07) is 18.6. The van der Waals surface area contributed by atoms with E-state index in [1.165, 1.54) is 48.4 Å². The Hall–Kier alpha value is -3.08. The molecule has 0 unspecified atom stereocenters. The number of carbonyl (C=O) groups excluding carboxylic acids is 2. The summed E-state index contributed by atoms with van der Waals surface area (Å²) in [7, 11) is -2.70. The predicted octanol–water partition coefficient (Wildman–Crippen LogP) is 5.25. The lowest BCUT2D eigenvalue weighted by molar-refractivity contribution is -0.139. The van der Waals surface area contributed by atoms with E-state index in [9.17, 15) is 18.0 Å². The molecule has 0 saturated heterocycles. The molecule has 208 valence electrons. The number of hydrogen-bond acceptors (Lipinski definition) is 5. The van der Waals surface area contributed by atoms with E-state index < -0.39 is 28.5 Å². The number of methoxy groups -OCH3 is 1. The van der Waals surface area contributed by atoms with Gasteiger partial charge in [0.1, 0.15) is 18.3 Å². The molecule has 0 aliphatic carbocycles. The van der Waals surface area contributed by atoms with Gasteiger partial charge >= 0.3 is 0 Å². The van der Waals surface area contributed by atoms with E-state index in [1.807, 2.05) is 31.2 Å². The topological polar surface area (TPSA) is 96.0 Å². The van der Waals surface area contributed by atoms with Crippen molar-refractivity contribution >= 4 is 55.1 Å². The lowest BCUT2D eigenvalue weighted by atomic mass is 10.1. The predicted molar refractivity (Wildman–Crippen MR) is 156 cm³/mol. The fourth-order valence-electron chi connectivity index (χ4n) is 3.82. The fourth-order valence-corrected chi connectivity index (χ4v) is 5.81. The highest BCUT2D eigenvalue weighted by Crippen LogP contribution is 2.27. The summed E-state index contributed by atoms with van der Waals surface area (Å²) in [6.45, 7) is 3.60. The fraction of sp³-hybridized carbons (Fsp3) is 0.286. The lowest BCUT2D eigenvalue weighted by Gasteiger charge is -2.32. The number of ether oxygens (including phenoxy) is 1. The van der Waals surface area contributed by atoms with Gasteiger partial charge in [0.2, 0.25) is 11.8 Å². The van der Waals surface area contributed by atoms with Gasteiger partial charge in [-0.25, -0.2) is 8.42 Å². The Kier molecular flexibility index (Phi) is 10.8. The molecule has 2 amide bonds. The highest BCUT2D eigenvalue weighted by molar-refractivity contribution is 9.10. The number of hydrogen-bond donors (Lipinski definition) is 1. The van der Waals surface area contributed by atoms with E-state index in [1.54, 1.807) is 19.1 Å². The van der Waals surface area contributed by atoms with Crippen molar-refractivity contribution in [1.29, 1.82) is 0 Å². The van der Waals surface area contributed by atoms with Gasteiger partial charge in [-0.1, -0.05) is 46.6 Å². The molecule has 3 aromatic carbocycles. The van der Waals surface area contributed by atoms with Gasteiger partial charge in [0.25, 0.3) is 10.0 Å². The maximum absolute atomic E-state index is 13.9. The Morgan fingerprint density at radius 1 is 1.05 bits per heavy atom. The summed E-state index contributed by atoms with van der Waals surface area (Å²) >= 11 is 9.49. The summed E-state index contributed by atoms with van der Waals surface area (Å²) in [5, 5.41) is 3.24. The highest BCUT2D eigenvalue weighted by Gasteiger charge is 2.32. The smallest absolute Gasteiger partial charge is 0.264 e. The molecule has 0 saturated carbocycles. The average molecular weight is 637 g/mol. The second kappa shape index (κ2) is 13.8. The number of nitrogens with one attached hydrogen (secondary N) is 1. The third kappa shape index (κ3) is 7.97. The van der Waals surface area contributed by atoms with Gasteiger partial charge in [0, 0.05) is 22.6 Å². The Morgan fingerprint density at radius 3 is 2.31 bits per heavy atom. The van der Waals surface area contributed by atoms with Crippen molar-refractivity contribution in [2.75, 3.05) is 24.5 Å². The van der Waals surface area contributed by atoms with E-state index in [2.05, 4.69) is 21.2 Å². The zero-order valence-corrected chi connectivity index (χ0v) is 25.1. The molecule has 39 heavy (non-hydrogen) atoms. The van der Waals surface area contributed by atoms with E-state index >= 15 is 0 Å². The van der Waals surface area contributed by atoms with Crippen molar-refractivity contribution in [1.82, 2.24) is 10.2 Å². The summed E-state index contributed by atoms with van der Waals surface area (Å²) in [5.74, 6) is -0.368. The van der Waals surface area contributed by atoms with Crippen LogP contribution in [0.4, 0.5) is 5.69 Å². The van der Waals surface area contributed by atoms with Crippen LogP contribution in [0.2, 0.25) is 5.02 Å². The zero-order chi connectivity index (χ0) is 28.6. The van der Waals surface area contributed by atoms with Crippen molar-refractivity contribution < 1.29 is 22.7 Å². The van der Waals surface area contributed by atoms with Crippen molar-refractivity contribution in [3.63, 3.8) is 0 Å². The van der Waals surface area contributed by atoms with Crippen LogP contribution in [0, 0.1) is 0 Å². The van der Waals surface area contributed by atoms with E-state index in [-0.39, 0.29) is 23.0 Å². The van der Waals surface area contributed by atoms with E-state index in [0.717, 1.165) is 20.8 Å². The normalized spacial score (nSPS) is 11.9. The van der Waals surface area contributed by atoms with Gasteiger partial charge in [-0.3, -0.25) is 13.9 Å². The van der Waals surface area contributed by atoms with Crippen LogP contribution in [-0.4, -0.2) is 51.4 Å². The second-order valence-electron chi connectivity index (χ2n) is 8.78. The second-order valence-corrected chi connectivity index (χ2v) is 12.0. The molecule has 1 N–H and O–H groups in total. The molecule has 0 heterocycles. The molecule has 0 spiro atoms. The van der Waals surface area contributed by atoms with Crippen LogP contribution in [-0.2, 0) is 26.2 Å². The molecule has 0 aromatic heterocycles. The standard InChI is InChI=1S/C28H31BrClN3O5S/c1-4-16-31-28(35)20(2)32(18-21-6-5-7-22(29)17-21)27(34)19-33(24-10-8-23(30)9-11-24)39(36,37)26-14-12-25(38-3)13-15-26/h5-15,17,20H,4,16,18-19H2,1-3H3,(H,31,35)/t20-/m1/s1. The molecular formula is C28H31BrClN3O5S. The number of anilines is 1. The summed E-state index contributed by atoms with van der Waals surface area (Å²) in [5.41, 5.74) is 1.04. The number of amides is 2. The van der Waals surface area contributed by atoms with Gasteiger partial charge in [0.15, 0.2) is 0 Å². The van der Waals surface area contributed by atoms with Gasteiger partial charge in [-0.2, -0.15) is 0 Å². The molecule has 0 fully saturated rings. The van der Waals surface area contributed by atoms with E-state index in [4.69, 9.17) is 16.3 Å². The number of sulfonamides is 1. The Morgan fingerprint density at radius 2 is 1.72 bits per heavy atom. The lowest BCUT2D eigenvalue weighted by Crippen LogP contribution is -2.51. The zero-order valence-electron chi connectivity index (χ0n) is 21.9. The van der Waals surface area contributed by atoms with Crippen LogP contribution in [0.3, 0.4) is 0 Å². The first-order valence-corrected chi connectivity index (χ1v) is 14.9. The first-order valence-electron chi connectivity index (χ1n) is 12.3. The number of carbonyl (C=O) groups is 2. The Balaban J connectivity index is 2.01. The first-order chi connectivity index (χ1) is 18.6. The molecule has 11 heteroatoms. The molecule has 0 radical (unpaired) electrons. The Labute approximate surface area is 243 Å². The van der Waals surface area contributed by atoms with Gasteiger partial charge < -0.3 is 15.0 Å². The number of halogens is 2. The average Bonchev–Trinajstić information content (AvgIpc) is 2.93. The summed E-state index contributed by atoms with van der Waals surface area (Å²) in [6.07, 6.45) is 0.739. The van der Waals surface area contributed by atoms with Gasteiger partial charge in [0.05, 0.1) is 17.7 Å². The maximum Gasteiger partial charge on any atom is 0.264 e.